The third-order valence-corrected chi connectivity index (χ3v) is 7.41. The zero-order valence-corrected chi connectivity index (χ0v) is 21.5. The molecule has 0 saturated carbocycles. The number of nitrogens with one attached hydrogen (secondary N) is 1. The number of esters is 1. The Hall–Kier alpha value is -3.69. The van der Waals surface area contributed by atoms with Crippen LogP contribution in [0.25, 0.3) is 5.57 Å². The van der Waals surface area contributed by atoms with E-state index in [4.69, 9.17) is 21.1 Å². The number of rotatable bonds is 4. The molecule has 8 nitrogen and oxygen atoms in total. The summed E-state index contributed by atoms with van der Waals surface area (Å²) in [4.78, 5) is 45.0. The summed E-state index contributed by atoms with van der Waals surface area (Å²) in [5.74, 6) is -0.513. The normalized spacial score (nSPS) is 17.8. The maximum atomic E-state index is 14.0. The summed E-state index contributed by atoms with van der Waals surface area (Å²) in [6, 6.07) is 9.66. The van der Waals surface area contributed by atoms with Gasteiger partial charge < -0.3 is 14.8 Å². The number of hydrogen-bond acceptors (Lipinski definition) is 7. The zero-order valence-electron chi connectivity index (χ0n) is 20.0. The van der Waals surface area contributed by atoms with E-state index in [1.165, 1.54) is 11.7 Å². The van der Waals surface area contributed by atoms with Crippen LogP contribution in [0.5, 0.6) is 5.75 Å². The summed E-state index contributed by atoms with van der Waals surface area (Å²) in [7, 11) is 1.50. The van der Waals surface area contributed by atoms with E-state index in [9.17, 15) is 14.4 Å². The number of ether oxygens (including phenoxy) is 2. The van der Waals surface area contributed by atoms with Gasteiger partial charge in [-0.05, 0) is 51.1 Å². The van der Waals surface area contributed by atoms with Crippen LogP contribution >= 0.6 is 22.9 Å². The van der Waals surface area contributed by atoms with Crippen LogP contribution in [0, 0.1) is 6.92 Å². The van der Waals surface area contributed by atoms with Gasteiger partial charge in [-0.2, -0.15) is 0 Å². The number of nitrogens with zero attached hydrogens (tertiary/aromatic N) is 2. The van der Waals surface area contributed by atoms with Crippen molar-refractivity contribution in [3.05, 3.63) is 89.1 Å². The molecule has 0 spiro atoms. The van der Waals surface area contributed by atoms with E-state index in [2.05, 4.69) is 10.3 Å². The van der Waals surface area contributed by atoms with Crippen molar-refractivity contribution in [2.45, 2.75) is 26.8 Å². The zero-order chi connectivity index (χ0) is 25.7. The van der Waals surface area contributed by atoms with Crippen LogP contribution in [0.1, 0.15) is 36.6 Å². The number of thiazole rings is 1. The van der Waals surface area contributed by atoms with Gasteiger partial charge in [-0.15, -0.1) is 0 Å². The van der Waals surface area contributed by atoms with Crippen LogP contribution in [-0.2, 0) is 14.3 Å². The second-order valence-corrected chi connectivity index (χ2v) is 9.80. The Morgan fingerprint density at radius 1 is 1.19 bits per heavy atom. The molecule has 3 aromatic rings. The van der Waals surface area contributed by atoms with E-state index in [0.29, 0.717) is 38.1 Å². The van der Waals surface area contributed by atoms with Gasteiger partial charge in [0.15, 0.2) is 4.80 Å². The third-order valence-electron chi connectivity index (χ3n) is 6.13. The van der Waals surface area contributed by atoms with E-state index >= 15 is 0 Å². The van der Waals surface area contributed by atoms with E-state index in [0.717, 1.165) is 16.9 Å². The molecular weight excluding hydrogens is 502 g/mol. The number of anilines is 1. The molecular formula is C26H22ClN3O5S. The second kappa shape index (κ2) is 9.07. The number of amides is 1. The van der Waals surface area contributed by atoms with Gasteiger partial charge in [-0.3, -0.25) is 14.2 Å². The van der Waals surface area contributed by atoms with Gasteiger partial charge >= 0.3 is 5.97 Å². The van der Waals surface area contributed by atoms with E-state index < -0.39 is 17.6 Å². The van der Waals surface area contributed by atoms with Gasteiger partial charge in [0.05, 0.1) is 30.6 Å². The quantitative estimate of drug-likeness (QED) is 0.530. The summed E-state index contributed by atoms with van der Waals surface area (Å²) in [5.41, 5.74) is 3.21. The second-order valence-electron chi connectivity index (χ2n) is 8.39. The largest absolute Gasteiger partial charge is 0.496 e. The fourth-order valence-electron chi connectivity index (χ4n) is 4.56. The molecule has 184 valence electrons. The number of allylic oxidation sites excluding steroid dienone is 1. The number of fused-ring (bicyclic) bond motifs is 2. The molecule has 5 rings (SSSR count). The Kier molecular flexibility index (Phi) is 6.05. The molecule has 0 bridgehead atoms. The minimum Gasteiger partial charge on any atom is -0.496 e. The van der Waals surface area contributed by atoms with Crippen molar-refractivity contribution in [3.8, 4) is 5.75 Å². The first kappa shape index (κ1) is 24.0. The van der Waals surface area contributed by atoms with E-state index in [-0.39, 0.29) is 28.2 Å². The fraction of sp³-hybridized carbons (Fsp3) is 0.231. The number of carbonyl (C=O) groups is 2. The van der Waals surface area contributed by atoms with Crippen molar-refractivity contribution in [2.24, 2.45) is 4.99 Å². The standard InChI is InChI=1S/C26H22ClN3O5S/c1-5-35-25(33)19-13(3)28-26-30(21(19)16-11-14(27)7-9-18(16)34-4)24(32)22(36-26)20-15-10-12(2)6-8-17(15)29-23(20)31/h6-11,21H,5H2,1-4H3,(H,29,31)/b22-20+/t21-/m0/s1. The van der Waals surface area contributed by atoms with Crippen molar-refractivity contribution < 1.29 is 19.1 Å². The lowest BCUT2D eigenvalue weighted by molar-refractivity contribution is -0.139. The van der Waals surface area contributed by atoms with E-state index in [1.807, 2.05) is 25.1 Å². The lowest BCUT2D eigenvalue weighted by Gasteiger charge is -2.26. The number of hydrogen-bond donors (Lipinski definition) is 1. The highest BCUT2D eigenvalue weighted by molar-refractivity contribution is 7.07. The molecule has 0 fully saturated rings. The van der Waals surface area contributed by atoms with Crippen molar-refractivity contribution in [2.75, 3.05) is 19.0 Å². The van der Waals surface area contributed by atoms with Crippen molar-refractivity contribution in [1.29, 1.82) is 0 Å². The predicted octanol–water partition coefficient (Wildman–Crippen LogP) is 3.09. The van der Waals surface area contributed by atoms with Crippen molar-refractivity contribution in [3.63, 3.8) is 0 Å². The number of benzene rings is 2. The van der Waals surface area contributed by atoms with Crippen LogP contribution in [0.4, 0.5) is 5.69 Å². The van der Waals surface area contributed by atoms with Gasteiger partial charge in [0, 0.05) is 21.8 Å². The van der Waals surface area contributed by atoms with E-state index in [1.54, 1.807) is 32.0 Å². The SMILES string of the molecule is CCOC(=O)C1=C(C)N=c2s/c(=C3/C(=O)Nc4ccc(C)cc43)c(=O)n2[C@H]1c1cc(Cl)ccc1OC. The highest BCUT2D eigenvalue weighted by atomic mass is 35.5. The number of halogens is 1. The molecule has 3 heterocycles. The maximum Gasteiger partial charge on any atom is 0.338 e. The lowest BCUT2D eigenvalue weighted by atomic mass is 9.95. The molecule has 10 heteroatoms. The molecule has 0 saturated heterocycles. The summed E-state index contributed by atoms with van der Waals surface area (Å²) in [6.45, 7) is 5.47. The highest BCUT2D eigenvalue weighted by Gasteiger charge is 2.36. The first-order valence-electron chi connectivity index (χ1n) is 11.2. The minimum atomic E-state index is -0.912. The highest BCUT2D eigenvalue weighted by Crippen LogP contribution is 2.37. The van der Waals surface area contributed by atoms with Crippen LogP contribution in [0.2, 0.25) is 5.02 Å². The average Bonchev–Trinajstić information content (AvgIpc) is 3.32. The van der Waals surface area contributed by atoms with Crippen LogP contribution in [0.15, 0.2) is 57.5 Å². The summed E-state index contributed by atoms with van der Waals surface area (Å²) in [6.07, 6.45) is 0. The molecule has 36 heavy (non-hydrogen) atoms. The Bertz CT molecular complexity index is 1670. The van der Waals surface area contributed by atoms with Gasteiger partial charge in [-0.1, -0.05) is 34.6 Å². The van der Waals surface area contributed by atoms with Crippen molar-refractivity contribution >= 4 is 46.1 Å². The summed E-state index contributed by atoms with van der Waals surface area (Å²) >= 11 is 7.44. The molecule has 0 unspecified atom stereocenters. The Morgan fingerprint density at radius 2 is 1.97 bits per heavy atom. The lowest BCUT2D eigenvalue weighted by Crippen LogP contribution is -2.40. The van der Waals surface area contributed by atoms with Crippen LogP contribution in [0.3, 0.4) is 0 Å². The molecule has 2 aliphatic rings. The van der Waals surface area contributed by atoms with Crippen molar-refractivity contribution in [1.82, 2.24) is 4.57 Å². The maximum absolute atomic E-state index is 14.0. The summed E-state index contributed by atoms with van der Waals surface area (Å²) in [5, 5.41) is 3.24. The smallest absolute Gasteiger partial charge is 0.338 e. The monoisotopic (exact) mass is 523 g/mol. The van der Waals surface area contributed by atoms with Crippen LogP contribution in [-0.4, -0.2) is 30.2 Å². The van der Waals surface area contributed by atoms with Gasteiger partial charge in [-0.25, -0.2) is 9.79 Å². The Balaban J connectivity index is 1.86. The molecule has 0 aliphatic carbocycles. The molecule has 2 aliphatic heterocycles. The first-order chi connectivity index (χ1) is 17.2. The molecule has 1 aromatic heterocycles. The molecule has 0 radical (unpaired) electrons. The van der Waals surface area contributed by atoms with Gasteiger partial charge in [0.1, 0.15) is 16.3 Å². The number of aromatic nitrogens is 1. The topological polar surface area (TPSA) is 99.0 Å². The summed E-state index contributed by atoms with van der Waals surface area (Å²) < 4.78 is 12.6. The van der Waals surface area contributed by atoms with Crippen LogP contribution < -0.4 is 24.9 Å². The molecule has 1 atom stereocenters. The number of methoxy groups -OCH3 is 1. The molecule has 1 amide bonds. The fourth-order valence-corrected chi connectivity index (χ4v) is 5.88. The molecule has 2 aromatic carbocycles. The molecule has 1 N–H and O–H groups in total. The minimum absolute atomic E-state index is 0.153. The average molecular weight is 524 g/mol. The predicted molar refractivity (Wildman–Crippen MR) is 137 cm³/mol. The number of carbonyl (C=O) groups excluding carboxylic acids is 2. The third kappa shape index (κ3) is 3.75. The number of aryl methyl sites for hydroxylation is 1. The first-order valence-corrected chi connectivity index (χ1v) is 12.4. The Morgan fingerprint density at radius 3 is 2.69 bits per heavy atom. The Labute approximate surface area is 215 Å². The van der Waals surface area contributed by atoms with Gasteiger partial charge in [0.2, 0.25) is 0 Å². The van der Waals surface area contributed by atoms with Gasteiger partial charge in [0.25, 0.3) is 11.5 Å².